The Hall–Kier alpha value is -0.930. The van der Waals surface area contributed by atoms with Crippen LogP contribution in [-0.2, 0) is 4.74 Å². The molecule has 1 aliphatic heterocycles. The number of nitrogens with one attached hydrogen (secondary N) is 1. The van der Waals surface area contributed by atoms with E-state index in [0.717, 1.165) is 18.8 Å². The lowest BCUT2D eigenvalue weighted by Gasteiger charge is -2.30. The average Bonchev–Trinajstić information content (AvgIpc) is 2.12. The highest BCUT2D eigenvalue weighted by Gasteiger charge is 2.21. The number of ether oxygens (including phenoxy) is 1. The minimum absolute atomic E-state index is 0.0464. The van der Waals surface area contributed by atoms with Crippen molar-refractivity contribution in [2.45, 2.75) is 19.0 Å². The van der Waals surface area contributed by atoms with Crippen molar-refractivity contribution in [3.05, 3.63) is 35.6 Å². The fourth-order valence-corrected chi connectivity index (χ4v) is 1.60. The van der Waals surface area contributed by atoms with Crippen LogP contribution >= 0.6 is 0 Å². The minimum atomic E-state index is -0.146. The number of hydrogen-bond acceptors (Lipinski definition) is 2. The second-order valence-corrected chi connectivity index (χ2v) is 3.64. The summed E-state index contributed by atoms with van der Waals surface area (Å²) in [6.45, 7) is 3.44. The van der Waals surface area contributed by atoms with E-state index >= 15 is 0 Å². The van der Waals surface area contributed by atoms with Crippen molar-refractivity contribution in [3.8, 4) is 0 Å². The second-order valence-electron chi connectivity index (χ2n) is 3.64. The van der Waals surface area contributed by atoms with Gasteiger partial charge in [0.25, 0.3) is 0 Å². The van der Waals surface area contributed by atoms with E-state index in [1.165, 1.54) is 6.07 Å². The molecule has 1 N–H and O–H groups in total. The van der Waals surface area contributed by atoms with Crippen molar-refractivity contribution in [2.75, 3.05) is 13.2 Å². The molecule has 0 saturated carbocycles. The summed E-state index contributed by atoms with van der Waals surface area (Å²) in [5.74, 6) is -0.146. The molecule has 1 heterocycles. The molecule has 0 aromatic heterocycles. The molecule has 0 aliphatic carbocycles. The largest absolute Gasteiger partial charge is 0.378 e. The van der Waals surface area contributed by atoms with Crippen LogP contribution in [0.3, 0.4) is 0 Å². The van der Waals surface area contributed by atoms with Crippen LogP contribution in [0.15, 0.2) is 24.3 Å². The van der Waals surface area contributed by atoms with E-state index in [0.29, 0.717) is 6.04 Å². The molecule has 1 aliphatic rings. The van der Waals surface area contributed by atoms with Gasteiger partial charge in [-0.3, -0.25) is 0 Å². The molecule has 1 aromatic carbocycles. The van der Waals surface area contributed by atoms with Crippen molar-refractivity contribution < 1.29 is 9.13 Å². The number of benzene rings is 1. The molecular formula is C11H14FNO. The van der Waals surface area contributed by atoms with E-state index in [9.17, 15) is 4.39 Å². The maximum Gasteiger partial charge on any atom is 0.127 e. The van der Waals surface area contributed by atoms with Gasteiger partial charge in [-0.1, -0.05) is 18.2 Å². The summed E-state index contributed by atoms with van der Waals surface area (Å²) in [4.78, 5) is 0. The lowest BCUT2D eigenvalue weighted by atomic mass is 10.1. The fourth-order valence-electron chi connectivity index (χ4n) is 1.60. The standard InChI is InChI=1S/C11H14FNO/c1-8(13-9-6-14-7-9)10-4-2-3-5-11(10)12/h2-5,8-9,13H,6-7H2,1H3. The fraction of sp³-hybridized carbons (Fsp3) is 0.455. The van der Waals surface area contributed by atoms with Gasteiger partial charge in [0.2, 0.25) is 0 Å². The first kappa shape index (κ1) is 9.62. The summed E-state index contributed by atoms with van der Waals surface area (Å²) in [5.41, 5.74) is 0.722. The molecule has 3 heteroatoms. The monoisotopic (exact) mass is 195 g/mol. The van der Waals surface area contributed by atoms with Crippen LogP contribution in [0.5, 0.6) is 0 Å². The Balaban J connectivity index is 2.02. The predicted octanol–water partition coefficient (Wildman–Crippen LogP) is 1.88. The average molecular weight is 195 g/mol. The van der Waals surface area contributed by atoms with Crippen molar-refractivity contribution in [1.82, 2.24) is 5.32 Å². The second kappa shape index (κ2) is 4.07. The first-order valence-electron chi connectivity index (χ1n) is 4.85. The highest BCUT2D eigenvalue weighted by molar-refractivity contribution is 5.20. The van der Waals surface area contributed by atoms with Crippen molar-refractivity contribution in [1.29, 1.82) is 0 Å². The van der Waals surface area contributed by atoms with Crippen LogP contribution in [-0.4, -0.2) is 19.3 Å². The highest BCUT2D eigenvalue weighted by Crippen LogP contribution is 2.17. The lowest BCUT2D eigenvalue weighted by Crippen LogP contribution is -2.46. The molecule has 1 unspecified atom stereocenters. The summed E-state index contributed by atoms with van der Waals surface area (Å²) >= 11 is 0. The summed E-state index contributed by atoms with van der Waals surface area (Å²) in [5, 5.41) is 3.31. The van der Waals surface area contributed by atoms with Crippen LogP contribution in [0.1, 0.15) is 18.5 Å². The molecule has 0 radical (unpaired) electrons. The quantitative estimate of drug-likeness (QED) is 0.795. The summed E-state index contributed by atoms with van der Waals surface area (Å²) < 4.78 is 18.4. The maximum absolute atomic E-state index is 13.3. The summed E-state index contributed by atoms with van der Waals surface area (Å²) in [7, 11) is 0. The van der Waals surface area contributed by atoms with E-state index in [2.05, 4.69) is 5.32 Å². The van der Waals surface area contributed by atoms with Gasteiger partial charge >= 0.3 is 0 Å². The Bertz CT molecular complexity index is 312. The Kier molecular flexibility index (Phi) is 2.79. The molecule has 1 aromatic rings. The third-order valence-electron chi connectivity index (χ3n) is 2.50. The Morgan fingerprint density at radius 1 is 1.43 bits per heavy atom. The van der Waals surface area contributed by atoms with E-state index < -0.39 is 0 Å². The molecule has 2 rings (SSSR count). The van der Waals surface area contributed by atoms with Gasteiger partial charge in [0.1, 0.15) is 5.82 Å². The molecule has 1 fully saturated rings. The lowest BCUT2D eigenvalue weighted by molar-refractivity contribution is -0.00940. The molecular weight excluding hydrogens is 181 g/mol. The molecule has 14 heavy (non-hydrogen) atoms. The SMILES string of the molecule is CC(NC1COC1)c1ccccc1F. The topological polar surface area (TPSA) is 21.3 Å². The number of halogens is 1. The molecule has 0 spiro atoms. The number of rotatable bonds is 3. The first-order chi connectivity index (χ1) is 6.77. The Morgan fingerprint density at radius 3 is 2.71 bits per heavy atom. The van der Waals surface area contributed by atoms with E-state index in [4.69, 9.17) is 4.74 Å². The van der Waals surface area contributed by atoms with Crippen molar-refractivity contribution in [3.63, 3.8) is 0 Å². The van der Waals surface area contributed by atoms with Gasteiger partial charge in [-0.15, -0.1) is 0 Å². The highest BCUT2D eigenvalue weighted by atomic mass is 19.1. The molecule has 0 bridgehead atoms. The normalized spacial score (nSPS) is 19.0. The van der Waals surface area contributed by atoms with Crippen LogP contribution in [0.4, 0.5) is 4.39 Å². The van der Waals surface area contributed by atoms with E-state index in [1.54, 1.807) is 6.07 Å². The van der Waals surface area contributed by atoms with Gasteiger partial charge in [0.15, 0.2) is 0 Å². The Morgan fingerprint density at radius 2 is 2.14 bits per heavy atom. The van der Waals surface area contributed by atoms with Crippen LogP contribution < -0.4 is 5.32 Å². The number of hydrogen-bond donors (Lipinski definition) is 1. The van der Waals surface area contributed by atoms with Gasteiger partial charge in [-0.05, 0) is 13.0 Å². The van der Waals surface area contributed by atoms with Gasteiger partial charge in [-0.2, -0.15) is 0 Å². The smallest absolute Gasteiger partial charge is 0.127 e. The van der Waals surface area contributed by atoms with Crippen LogP contribution in [0.25, 0.3) is 0 Å². The summed E-state index contributed by atoms with van der Waals surface area (Å²) in [6, 6.07) is 7.29. The van der Waals surface area contributed by atoms with Gasteiger partial charge in [-0.25, -0.2) is 4.39 Å². The van der Waals surface area contributed by atoms with Gasteiger partial charge in [0, 0.05) is 11.6 Å². The van der Waals surface area contributed by atoms with Gasteiger partial charge < -0.3 is 10.1 Å². The zero-order valence-corrected chi connectivity index (χ0v) is 8.16. The molecule has 76 valence electrons. The van der Waals surface area contributed by atoms with E-state index in [-0.39, 0.29) is 11.9 Å². The Labute approximate surface area is 83.1 Å². The molecule has 2 nitrogen and oxygen atoms in total. The van der Waals surface area contributed by atoms with Crippen molar-refractivity contribution >= 4 is 0 Å². The van der Waals surface area contributed by atoms with Crippen LogP contribution in [0.2, 0.25) is 0 Å². The molecule has 0 amide bonds. The predicted molar refractivity (Wildman–Crippen MR) is 52.6 cm³/mol. The zero-order valence-electron chi connectivity index (χ0n) is 8.16. The summed E-state index contributed by atoms with van der Waals surface area (Å²) in [6.07, 6.45) is 0. The maximum atomic E-state index is 13.3. The van der Waals surface area contributed by atoms with Gasteiger partial charge in [0.05, 0.1) is 19.3 Å². The first-order valence-corrected chi connectivity index (χ1v) is 4.85. The van der Waals surface area contributed by atoms with Crippen LogP contribution in [0, 0.1) is 5.82 Å². The van der Waals surface area contributed by atoms with E-state index in [1.807, 2.05) is 19.1 Å². The molecule has 1 atom stereocenters. The zero-order chi connectivity index (χ0) is 9.97. The molecule has 1 saturated heterocycles. The minimum Gasteiger partial charge on any atom is -0.378 e. The third kappa shape index (κ3) is 1.94. The van der Waals surface area contributed by atoms with Crippen molar-refractivity contribution in [2.24, 2.45) is 0 Å². The third-order valence-corrected chi connectivity index (χ3v) is 2.50.